The highest BCUT2D eigenvalue weighted by atomic mass is 19.4. The van der Waals surface area contributed by atoms with Crippen LogP contribution >= 0.6 is 0 Å². The summed E-state index contributed by atoms with van der Waals surface area (Å²) in [4.78, 5) is 12.4. The lowest BCUT2D eigenvalue weighted by Gasteiger charge is -2.10. The normalized spacial score (nSPS) is 11.7. The van der Waals surface area contributed by atoms with Gasteiger partial charge < -0.3 is 9.88 Å². The fourth-order valence-corrected chi connectivity index (χ4v) is 2.60. The van der Waals surface area contributed by atoms with Gasteiger partial charge in [-0.1, -0.05) is 24.3 Å². The third-order valence-electron chi connectivity index (χ3n) is 3.92. The van der Waals surface area contributed by atoms with E-state index in [0.717, 1.165) is 17.8 Å². The number of nitriles is 1. The second-order valence-electron chi connectivity index (χ2n) is 5.84. The van der Waals surface area contributed by atoms with Gasteiger partial charge in [0, 0.05) is 23.3 Å². The Bertz CT molecular complexity index is 1060. The fourth-order valence-electron chi connectivity index (χ4n) is 2.60. The number of rotatable bonds is 4. The van der Waals surface area contributed by atoms with E-state index in [0.29, 0.717) is 5.69 Å². The van der Waals surface area contributed by atoms with Gasteiger partial charge in [-0.05, 0) is 48.5 Å². The van der Waals surface area contributed by atoms with Gasteiger partial charge in [0.1, 0.15) is 11.6 Å². The molecular formula is C21H14F3N3O. The minimum Gasteiger partial charge on any atom is -0.321 e. The second-order valence-corrected chi connectivity index (χ2v) is 5.84. The molecule has 1 amide bonds. The van der Waals surface area contributed by atoms with Crippen LogP contribution in [0.15, 0.2) is 78.5 Å². The quantitative estimate of drug-likeness (QED) is 0.508. The lowest BCUT2D eigenvalue weighted by Crippen LogP contribution is -2.14. The SMILES string of the molecule is N#C/C(=C/c1cccn1-c1ccccc1)C(=O)Nc1cccc(C(F)(F)F)c1. The van der Waals surface area contributed by atoms with Gasteiger partial charge in [-0.3, -0.25) is 4.79 Å². The molecule has 0 aliphatic carbocycles. The first-order chi connectivity index (χ1) is 13.4. The Kier molecular flexibility index (Phi) is 5.32. The zero-order valence-electron chi connectivity index (χ0n) is 14.4. The molecule has 0 saturated heterocycles. The van der Waals surface area contributed by atoms with Crippen molar-refractivity contribution < 1.29 is 18.0 Å². The molecule has 4 nitrogen and oxygen atoms in total. The van der Waals surface area contributed by atoms with Gasteiger partial charge in [0.25, 0.3) is 5.91 Å². The summed E-state index contributed by atoms with van der Waals surface area (Å²) in [5.41, 5.74) is 0.273. The highest BCUT2D eigenvalue weighted by Crippen LogP contribution is 2.30. The van der Waals surface area contributed by atoms with Crippen molar-refractivity contribution in [2.24, 2.45) is 0 Å². The Balaban J connectivity index is 1.86. The van der Waals surface area contributed by atoms with Gasteiger partial charge in [-0.15, -0.1) is 0 Å². The molecule has 2 aromatic carbocycles. The van der Waals surface area contributed by atoms with Gasteiger partial charge in [0.15, 0.2) is 0 Å². The maximum absolute atomic E-state index is 12.8. The smallest absolute Gasteiger partial charge is 0.321 e. The monoisotopic (exact) mass is 381 g/mol. The molecule has 140 valence electrons. The number of nitrogens with one attached hydrogen (secondary N) is 1. The van der Waals surface area contributed by atoms with Crippen LogP contribution < -0.4 is 5.32 Å². The first-order valence-corrected chi connectivity index (χ1v) is 8.21. The number of anilines is 1. The number of benzene rings is 2. The van der Waals surface area contributed by atoms with Gasteiger partial charge in [-0.2, -0.15) is 18.4 Å². The number of para-hydroxylation sites is 1. The predicted octanol–water partition coefficient (Wildman–Crippen LogP) is 5.04. The summed E-state index contributed by atoms with van der Waals surface area (Å²) in [5.74, 6) is -0.789. The molecule has 0 atom stereocenters. The summed E-state index contributed by atoms with van der Waals surface area (Å²) in [6, 6.07) is 18.8. The van der Waals surface area contributed by atoms with Gasteiger partial charge in [-0.25, -0.2) is 0 Å². The number of carbonyl (C=O) groups excluding carboxylic acids is 1. The molecule has 0 saturated carbocycles. The van der Waals surface area contributed by atoms with E-state index in [1.807, 2.05) is 30.3 Å². The molecule has 1 N–H and O–H groups in total. The van der Waals surface area contributed by atoms with Crippen LogP contribution in [0.5, 0.6) is 0 Å². The van der Waals surface area contributed by atoms with Gasteiger partial charge in [0.2, 0.25) is 0 Å². The fraction of sp³-hybridized carbons (Fsp3) is 0.0476. The highest BCUT2D eigenvalue weighted by molar-refractivity contribution is 6.09. The van der Waals surface area contributed by atoms with E-state index in [-0.39, 0.29) is 11.3 Å². The molecular weight excluding hydrogens is 367 g/mol. The third-order valence-corrected chi connectivity index (χ3v) is 3.92. The molecule has 0 aliphatic rings. The number of carbonyl (C=O) groups is 1. The van der Waals surface area contributed by atoms with Crippen LogP contribution in [0.1, 0.15) is 11.3 Å². The van der Waals surface area contributed by atoms with Crippen molar-refractivity contribution in [2.75, 3.05) is 5.32 Å². The first-order valence-electron chi connectivity index (χ1n) is 8.21. The number of nitrogens with zero attached hydrogens (tertiary/aromatic N) is 2. The van der Waals surface area contributed by atoms with E-state index in [2.05, 4.69) is 5.32 Å². The van der Waals surface area contributed by atoms with E-state index in [1.165, 1.54) is 18.2 Å². The number of aromatic nitrogens is 1. The van der Waals surface area contributed by atoms with Crippen molar-refractivity contribution in [2.45, 2.75) is 6.18 Å². The van der Waals surface area contributed by atoms with E-state index < -0.39 is 17.6 Å². The summed E-state index contributed by atoms with van der Waals surface area (Å²) in [7, 11) is 0. The summed E-state index contributed by atoms with van der Waals surface area (Å²) < 4.78 is 40.2. The molecule has 1 aromatic heterocycles. The summed E-state index contributed by atoms with van der Waals surface area (Å²) in [5, 5.41) is 11.7. The van der Waals surface area contributed by atoms with E-state index in [1.54, 1.807) is 29.0 Å². The number of hydrogen-bond acceptors (Lipinski definition) is 2. The van der Waals surface area contributed by atoms with Crippen LogP contribution in [0.3, 0.4) is 0 Å². The number of halogens is 3. The molecule has 0 spiro atoms. The van der Waals surface area contributed by atoms with Crippen LogP contribution in [0.2, 0.25) is 0 Å². The van der Waals surface area contributed by atoms with Crippen molar-refractivity contribution >= 4 is 17.7 Å². The molecule has 1 heterocycles. The Morgan fingerprint density at radius 1 is 1.04 bits per heavy atom. The maximum Gasteiger partial charge on any atom is 0.416 e. The van der Waals surface area contributed by atoms with Gasteiger partial charge >= 0.3 is 6.18 Å². The molecule has 0 fully saturated rings. The number of alkyl halides is 3. The van der Waals surface area contributed by atoms with Crippen LogP contribution in [0.4, 0.5) is 18.9 Å². The van der Waals surface area contributed by atoms with Crippen molar-refractivity contribution in [3.8, 4) is 11.8 Å². The molecule has 3 aromatic rings. The molecule has 0 radical (unpaired) electrons. The summed E-state index contributed by atoms with van der Waals surface area (Å²) in [6.45, 7) is 0. The van der Waals surface area contributed by atoms with Gasteiger partial charge in [0.05, 0.1) is 5.56 Å². The maximum atomic E-state index is 12.8. The predicted molar refractivity (Wildman–Crippen MR) is 99.4 cm³/mol. The average Bonchev–Trinajstić information content (AvgIpc) is 3.14. The molecule has 0 aliphatic heterocycles. The van der Waals surface area contributed by atoms with Crippen molar-refractivity contribution in [3.05, 3.63) is 89.8 Å². The van der Waals surface area contributed by atoms with Crippen molar-refractivity contribution in [1.29, 1.82) is 5.26 Å². The largest absolute Gasteiger partial charge is 0.416 e. The minimum atomic E-state index is -4.52. The molecule has 0 unspecified atom stereocenters. The standard InChI is InChI=1S/C21H14F3N3O/c22-21(23,24)16-6-4-7-17(13-16)26-20(28)15(14-25)12-19-10-5-11-27(19)18-8-2-1-3-9-18/h1-13H,(H,26,28)/b15-12-. The first kappa shape index (κ1) is 19.0. The zero-order valence-corrected chi connectivity index (χ0v) is 14.4. The summed E-state index contributed by atoms with van der Waals surface area (Å²) in [6.07, 6.45) is -1.36. The third kappa shape index (κ3) is 4.30. The number of hydrogen-bond donors (Lipinski definition) is 1. The van der Waals surface area contributed by atoms with Crippen LogP contribution in [0.25, 0.3) is 11.8 Å². The molecule has 0 bridgehead atoms. The second kappa shape index (κ2) is 7.84. The highest BCUT2D eigenvalue weighted by Gasteiger charge is 2.30. The van der Waals surface area contributed by atoms with Crippen LogP contribution in [0, 0.1) is 11.3 Å². The summed E-state index contributed by atoms with van der Waals surface area (Å²) >= 11 is 0. The zero-order chi connectivity index (χ0) is 20.1. The van der Waals surface area contributed by atoms with Crippen molar-refractivity contribution in [1.82, 2.24) is 4.57 Å². The van der Waals surface area contributed by atoms with Crippen LogP contribution in [-0.4, -0.2) is 10.5 Å². The Hall–Kier alpha value is -3.79. The Morgan fingerprint density at radius 2 is 1.79 bits per heavy atom. The van der Waals surface area contributed by atoms with Crippen molar-refractivity contribution in [3.63, 3.8) is 0 Å². The molecule has 3 rings (SSSR count). The molecule has 28 heavy (non-hydrogen) atoms. The average molecular weight is 381 g/mol. The van der Waals surface area contributed by atoms with E-state index in [9.17, 15) is 23.2 Å². The Labute approximate surface area is 159 Å². The van der Waals surface area contributed by atoms with E-state index >= 15 is 0 Å². The lowest BCUT2D eigenvalue weighted by atomic mass is 10.1. The van der Waals surface area contributed by atoms with Crippen LogP contribution in [-0.2, 0) is 11.0 Å². The minimum absolute atomic E-state index is 0.0422. The topological polar surface area (TPSA) is 57.8 Å². The Morgan fingerprint density at radius 3 is 2.46 bits per heavy atom. The van der Waals surface area contributed by atoms with E-state index in [4.69, 9.17) is 0 Å². The molecule has 7 heteroatoms. The lowest BCUT2D eigenvalue weighted by molar-refractivity contribution is -0.137. The number of amides is 1.